The normalized spacial score (nSPS) is 12.9. The number of hydrogen-bond donors (Lipinski definition) is 1. The van der Waals surface area contributed by atoms with Gasteiger partial charge in [-0.3, -0.25) is 4.79 Å². The Morgan fingerprint density at radius 1 is 1.36 bits per heavy atom. The van der Waals surface area contributed by atoms with Gasteiger partial charge in [0.15, 0.2) is 6.29 Å². The van der Waals surface area contributed by atoms with Gasteiger partial charge in [0.05, 0.1) is 6.54 Å². The van der Waals surface area contributed by atoms with E-state index in [4.69, 9.17) is 21.1 Å². The Kier molecular flexibility index (Phi) is 7.84. The number of halogens is 1. The Balaban J connectivity index is 3.74. The highest BCUT2D eigenvalue weighted by Gasteiger charge is 2.12. The summed E-state index contributed by atoms with van der Waals surface area (Å²) in [5.74, 6) is -0.212. The van der Waals surface area contributed by atoms with E-state index in [0.29, 0.717) is 19.8 Å². The van der Waals surface area contributed by atoms with E-state index in [1.807, 2.05) is 13.8 Å². The molecule has 5 heteroatoms. The molecule has 0 aromatic rings. The van der Waals surface area contributed by atoms with Gasteiger partial charge in [-0.15, -0.1) is 11.6 Å². The summed E-state index contributed by atoms with van der Waals surface area (Å²) < 4.78 is 10.5. The second-order valence-electron chi connectivity index (χ2n) is 2.70. The summed E-state index contributed by atoms with van der Waals surface area (Å²) in [5, 5.41) is 2.10. The average molecular weight is 224 g/mol. The Morgan fingerprint density at radius 2 is 1.86 bits per heavy atom. The second-order valence-corrected chi connectivity index (χ2v) is 3.36. The molecule has 0 saturated carbocycles. The first-order valence-corrected chi connectivity index (χ1v) is 5.20. The highest BCUT2D eigenvalue weighted by atomic mass is 35.5. The van der Waals surface area contributed by atoms with Crippen LogP contribution in [0.15, 0.2) is 0 Å². The topological polar surface area (TPSA) is 47.6 Å². The highest BCUT2D eigenvalue weighted by molar-refractivity contribution is 6.30. The summed E-state index contributed by atoms with van der Waals surface area (Å²) >= 11 is 5.57. The van der Waals surface area contributed by atoms with E-state index in [2.05, 4.69) is 5.32 Å². The number of nitrogens with one attached hydrogen (secondary N) is 1. The average Bonchev–Trinajstić information content (AvgIpc) is 2.14. The summed E-state index contributed by atoms with van der Waals surface area (Å²) in [7, 11) is 0. The van der Waals surface area contributed by atoms with Gasteiger partial charge < -0.3 is 14.8 Å². The molecule has 0 heterocycles. The molecule has 1 amide bonds. The van der Waals surface area contributed by atoms with Gasteiger partial charge >= 0.3 is 0 Å². The lowest BCUT2D eigenvalue weighted by Crippen LogP contribution is -2.38. The third-order valence-electron chi connectivity index (χ3n) is 1.51. The molecule has 4 nitrogen and oxygen atoms in total. The van der Waals surface area contributed by atoms with E-state index < -0.39 is 5.38 Å². The largest absolute Gasteiger partial charge is 0.351 e. The molecule has 1 N–H and O–H groups in total. The molecular formula is C9H18ClNO3. The molecule has 0 aromatic heterocycles. The van der Waals surface area contributed by atoms with Gasteiger partial charge in [0.1, 0.15) is 5.38 Å². The van der Waals surface area contributed by atoms with Crippen molar-refractivity contribution in [2.24, 2.45) is 0 Å². The lowest BCUT2D eigenvalue weighted by Gasteiger charge is -2.17. The van der Waals surface area contributed by atoms with E-state index in [9.17, 15) is 4.79 Å². The molecule has 0 aromatic carbocycles. The van der Waals surface area contributed by atoms with Crippen LogP contribution in [0.2, 0.25) is 0 Å². The van der Waals surface area contributed by atoms with Crippen molar-refractivity contribution in [2.75, 3.05) is 19.8 Å². The SMILES string of the molecule is CCOC(CNC(=O)C(C)Cl)OCC. The predicted molar refractivity (Wildman–Crippen MR) is 55.4 cm³/mol. The molecule has 0 bridgehead atoms. The minimum absolute atomic E-state index is 0.212. The Labute approximate surface area is 89.9 Å². The molecule has 0 aliphatic heterocycles. The maximum Gasteiger partial charge on any atom is 0.237 e. The van der Waals surface area contributed by atoms with Crippen LogP contribution in [0.4, 0.5) is 0 Å². The molecule has 0 aliphatic carbocycles. The first-order valence-electron chi connectivity index (χ1n) is 4.76. The van der Waals surface area contributed by atoms with Crippen molar-refractivity contribution in [1.82, 2.24) is 5.32 Å². The summed E-state index contributed by atoms with van der Waals surface area (Å²) in [4.78, 5) is 11.1. The molecule has 0 rings (SSSR count). The maximum absolute atomic E-state index is 11.1. The fourth-order valence-electron chi connectivity index (χ4n) is 0.862. The Bertz CT molecular complexity index is 158. The van der Waals surface area contributed by atoms with Crippen LogP contribution in [0.25, 0.3) is 0 Å². The quantitative estimate of drug-likeness (QED) is 0.520. The first kappa shape index (κ1) is 13.7. The van der Waals surface area contributed by atoms with Crippen molar-refractivity contribution < 1.29 is 14.3 Å². The monoisotopic (exact) mass is 223 g/mol. The number of alkyl halides is 1. The number of carbonyl (C=O) groups is 1. The smallest absolute Gasteiger partial charge is 0.237 e. The summed E-state index contributed by atoms with van der Waals surface area (Å²) in [5.41, 5.74) is 0. The Morgan fingerprint density at radius 3 is 2.21 bits per heavy atom. The highest BCUT2D eigenvalue weighted by Crippen LogP contribution is 1.96. The van der Waals surface area contributed by atoms with Crippen LogP contribution in [0, 0.1) is 0 Å². The van der Waals surface area contributed by atoms with Gasteiger partial charge in [0.25, 0.3) is 0 Å². The summed E-state index contributed by atoms with van der Waals surface area (Å²) in [6, 6.07) is 0. The van der Waals surface area contributed by atoms with Crippen molar-refractivity contribution in [3.8, 4) is 0 Å². The standard InChI is InChI=1S/C9H18ClNO3/c1-4-13-8(14-5-2)6-11-9(12)7(3)10/h7-8H,4-6H2,1-3H3,(H,11,12). The molecule has 1 atom stereocenters. The minimum atomic E-state index is -0.529. The molecule has 1 unspecified atom stereocenters. The van der Waals surface area contributed by atoms with E-state index in [1.165, 1.54) is 0 Å². The minimum Gasteiger partial charge on any atom is -0.351 e. The van der Waals surface area contributed by atoms with Crippen molar-refractivity contribution in [1.29, 1.82) is 0 Å². The zero-order valence-electron chi connectivity index (χ0n) is 8.88. The van der Waals surface area contributed by atoms with Gasteiger partial charge in [-0.05, 0) is 20.8 Å². The van der Waals surface area contributed by atoms with Crippen LogP contribution in [-0.2, 0) is 14.3 Å². The summed E-state index contributed by atoms with van der Waals surface area (Å²) in [6.45, 7) is 6.80. The molecule has 0 spiro atoms. The molecule has 84 valence electrons. The van der Waals surface area contributed by atoms with E-state index in [0.717, 1.165) is 0 Å². The van der Waals surface area contributed by atoms with Gasteiger partial charge in [-0.25, -0.2) is 0 Å². The predicted octanol–water partition coefficient (Wildman–Crippen LogP) is 1.13. The molecule has 0 saturated heterocycles. The van der Waals surface area contributed by atoms with Gasteiger partial charge in [0.2, 0.25) is 5.91 Å². The second kappa shape index (κ2) is 8.03. The fourth-order valence-corrected chi connectivity index (χ4v) is 0.939. The molecular weight excluding hydrogens is 206 g/mol. The Hall–Kier alpha value is -0.320. The van der Waals surface area contributed by atoms with Gasteiger partial charge in [0, 0.05) is 13.2 Å². The van der Waals surface area contributed by atoms with Crippen molar-refractivity contribution in [2.45, 2.75) is 32.4 Å². The number of rotatable bonds is 7. The third kappa shape index (κ3) is 6.18. The van der Waals surface area contributed by atoms with Crippen LogP contribution >= 0.6 is 11.6 Å². The number of carbonyl (C=O) groups excluding carboxylic acids is 1. The van der Waals surface area contributed by atoms with Crippen molar-refractivity contribution in [3.05, 3.63) is 0 Å². The van der Waals surface area contributed by atoms with E-state index in [1.54, 1.807) is 6.92 Å². The van der Waals surface area contributed by atoms with Crippen molar-refractivity contribution in [3.63, 3.8) is 0 Å². The molecule has 0 fully saturated rings. The first-order chi connectivity index (χ1) is 6.61. The van der Waals surface area contributed by atoms with Gasteiger partial charge in [-0.1, -0.05) is 0 Å². The lowest BCUT2D eigenvalue weighted by molar-refractivity contribution is -0.140. The van der Waals surface area contributed by atoms with Crippen LogP contribution in [0.5, 0.6) is 0 Å². The van der Waals surface area contributed by atoms with E-state index >= 15 is 0 Å². The van der Waals surface area contributed by atoms with Crippen LogP contribution in [0.1, 0.15) is 20.8 Å². The lowest BCUT2D eigenvalue weighted by atomic mass is 10.4. The van der Waals surface area contributed by atoms with Gasteiger partial charge in [-0.2, -0.15) is 0 Å². The number of hydrogen-bond acceptors (Lipinski definition) is 3. The third-order valence-corrected chi connectivity index (χ3v) is 1.71. The maximum atomic E-state index is 11.1. The zero-order chi connectivity index (χ0) is 11.0. The fraction of sp³-hybridized carbons (Fsp3) is 0.889. The molecule has 0 radical (unpaired) electrons. The molecule has 14 heavy (non-hydrogen) atoms. The van der Waals surface area contributed by atoms with Crippen LogP contribution in [-0.4, -0.2) is 37.3 Å². The molecule has 0 aliphatic rings. The van der Waals surface area contributed by atoms with Crippen LogP contribution in [0.3, 0.4) is 0 Å². The van der Waals surface area contributed by atoms with E-state index in [-0.39, 0.29) is 12.2 Å². The number of ether oxygens (including phenoxy) is 2. The van der Waals surface area contributed by atoms with Crippen LogP contribution < -0.4 is 5.32 Å². The van der Waals surface area contributed by atoms with Crippen molar-refractivity contribution >= 4 is 17.5 Å². The summed E-state index contributed by atoms with van der Waals surface area (Å²) in [6.07, 6.45) is -0.385. The zero-order valence-corrected chi connectivity index (χ0v) is 9.63. The number of amides is 1.